The number of hydrogen-bond donors (Lipinski definition) is 1. The number of methoxy groups -OCH3 is 1. The minimum absolute atomic E-state index is 0.297. The minimum atomic E-state index is -0.624. The van der Waals surface area contributed by atoms with Crippen LogP contribution in [0.5, 0.6) is 5.75 Å². The molecule has 2 N–H and O–H groups in total. The molecule has 0 fully saturated rings. The van der Waals surface area contributed by atoms with E-state index in [9.17, 15) is 8.78 Å². The van der Waals surface area contributed by atoms with Crippen LogP contribution in [0.15, 0.2) is 42.5 Å². The van der Waals surface area contributed by atoms with Crippen LogP contribution in [0.3, 0.4) is 0 Å². The summed E-state index contributed by atoms with van der Waals surface area (Å²) in [5.74, 6) is -0.493. The van der Waals surface area contributed by atoms with E-state index in [4.69, 9.17) is 10.5 Å². The quantitative estimate of drug-likeness (QED) is 0.920. The van der Waals surface area contributed by atoms with Crippen molar-refractivity contribution >= 4 is 5.69 Å². The SMILES string of the molecule is COc1cccc(N(C)CC(N)c2ccc(F)cc2F)c1. The van der Waals surface area contributed by atoms with Crippen LogP contribution in [0.2, 0.25) is 0 Å². The van der Waals surface area contributed by atoms with Crippen molar-refractivity contribution in [2.24, 2.45) is 5.73 Å². The molecular formula is C16H18F2N2O. The molecule has 112 valence electrons. The van der Waals surface area contributed by atoms with E-state index in [2.05, 4.69) is 0 Å². The predicted molar refractivity (Wildman–Crippen MR) is 79.6 cm³/mol. The number of hydrogen-bond acceptors (Lipinski definition) is 3. The number of nitrogens with zero attached hydrogens (tertiary/aromatic N) is 1. The number of nitrogens with two attached hydrogens (primary N) is 1. The van der Waals surface area contributed by atoms with Gasteiger partial charge in [0.1, 0.15) is 17.4 Å². The summed E-state index contributed by atoms with van der Waals surface area (Å²) in [7, 11) is 3.45. The Bertz CT molecular complexity index is 619. The molecule has 2 aromatic carbocycles. The molecule has 0 radical (unpaired) electrons. The third-order valence-electron chi connectivity index (χ3n) is 3.33. The molecule has 0 bridgehead atoms. The first-order chi connectivity index (χ1) is 10.0. The van der Waals surface area contributed by atoms with Gasteiger partial charge in [-0.1, -0.05) is 12.1 Å². The predicted octanol–water partition coefficient (Wildman–Crippen LogP) is 3.11. The molecule has 21 heavy (non-hydrogen) atoms. The lowest BCUT2D eigenvalue weighted by Gasteiger charge is -2.24. The first kappa shape index (κ1) is 15.3. The molecule has 0 aliphatic rings. The van der Waals surface area contributed by atoms with E-state index in [0.29, 0.717) is 12.1 Å². The van der Waals surface area contributed by atoms with E-state index in [1.165, 1.54) is 12.1 Å². The summed E-state index contributed by atoms with van der Waals surface area (Å²) in [6.07, 6.45) is 0. The standard InChI is InChI=1S/C16H18F2N2O/c1-20(12-4-3-5-13(9-12)21-2)10-16(19)14-7-6-11(17)8-15(14)18/h3-9,16H,10,19H2,1-2H3. The van der Waals surface area contributed by atoms with Gasteiger partial charge < -0.3 is 15.4 Å². The molecule has 3 nitrogen and oxygen atoms in total. The Balaban J connectivity index is 2.12. The monoisotopic (exact) mass is 292 g/mol. The summed E-state index contributed by atoms with van der Waals surface area (Å²) >= 11 is 0. The van der Waals surface area contributed by atoms with Crippen LogP contribution >= 0.6 is 0 Å². The first-order valence-electron chi connectivity index (χ1n) is 6.57. The van der Waals surface area contributed by atoms with Crippen molar-refractivity contribution < 1.29 is 13.5 Å². The fourth-order valence-electron chi connectivity index (χ4n) is 2.15. The molecule has 2 rings (SSSR count). The minimum Gasteiger partial charge on any atom is -0.497 e. The van der Waals surface area contributed by atoms with Crippen LogP contribution in [0.4, 0.5) is 14.5 Å². The molecule has 1 unspecified atom stereocenters. The van der Waals surface area contributed by atoms with Gasteiger partial charge in [-0.2, -0.15) is 0 Å². The van der Waals surface area contributed by atoms with Crippen molar-refractivity contribution in [3.63, 3.8) is 0 Å². The Morgan fingerprint density at radius 3 is 2.62 bits per heavy atom. The summed E-state index contributed by atoms with van der Waals surface area (Å²) in [4.78, 5) is 1.90. The van der Waals surface area contributed by atoms with Gasteiger partial charge in [0, 0.05) is 37.0 Å². The molecule has 0 spiro atoms. The maximum Gasteiger partial charge on any atom is 0.130 e. The van der Waals surface area contributed by atoms with Crippen LogP contribution in [0.1, 0.15) is 11.6 Å². The molecule has 2 aromatic rings. The Morgan fingerprint density at radius 1 is 1.19 bits per heavy atom. The third kappa shape index (κ3) is 3.70. The fraction of sp³-hybridized carbons (Fsp3) is 0.250. The molecule has 0 saturated carbocycles. The number of rotatable bonds is 5. The largest absolute Gasteiger partial charge is 0.497 e. The van der Waals surface area contributed by atoms with Crippen molar-refractivity contribution in [1.29, 1.82) is 0 Å². The maximum absolute atomic E-state index is 13.7. The summed E-state index contributed by atoms with van der Waals surface area (Å²) in [6, 6.07) is 10.4. The lowest BCUT2D eigenvalue weighted by atomic mass is 10.1. The molecule has 1 atom stereocenters. The molecule has 0 saturated heterocycles. The van der Waals surface area contributed by atoms with Crippen LogP contribution < -0.4 is 15.4 Å². The van der Waals surface area contributed by atoms with Gasteiger partial charge in [0.2, 0.25) is 0 Å². The van der Waals surface area contributed by atoms with Crippen LogP contribution in [0, 0.1) is 11.6 Å². The van der Waals surface area contributed by atoms with E-state index in [1.807, 2.05) is 36.2 Å². The number of anilines is 1. The van der Waals surface area contributed by atoms with Gasteiger partial charge in [0.15, 0.2) is 0 Å². The van der Waals surface area contributed by atoms with Gasteiger partial charge in [0.25, 0.3) is 0 Å². The highest BCUT2D eigenvalue weighted by Crippen LogP contribution is 2.23. The average Bonchev–Trinajstić information content (AvgIpc) is 2.47. The van der Waals surface area contributed by atoms with Gasteiger partial charge in [-0.25, -0.2) is 8.78 Å². The summed E-state index contributed by atoms with van der Waals surface area (Å²) in [5.41, 5.74) is 7.23. The lowest BCUT2D eigenvalue weighted by molar-refractivity contribution is 0.415. The zero-order chi connectivity index (χ0) is 15.4. The Kier molecular flexibility index (Phi) is 4.75. The highest BCUT2D eigenvalue weighted by Gasteiger charge is 2.15. The van der Waals surface area contributed by atoms with Crippen molar-refractivity contribution in [3.8, 4) is 5.75 Å². The zero-order valence-electron chi connectivity index (χ0n) is 12.0. The second-order valence-electron chi connectivity index (χ2n) is 4.85. The Hall–Kier alpha value is -2.14. The molecule has 0 aromatic heterocycles. The van der Waals surface area contributed by atoms with Crippen molar-refractivity contribution in [1.82, 2.24) is 0 Å². The third-order valence-corrected chi connectivity index (χ3v) is 3.33. The van der Waals surface area contributed by atoms with E-state index < -0.39 is 17.7 Å². The highest BCUT2D eigenvalue weighted by molar-refractivity contribution is 5.50. The second-order valence-corrected chi connectivity index (χ2v) is 4.85. The molecule has 0 amide bonds. The number of benzene rings is 2. The topological polar surface area (TPSA) is 38.5 Å². The Labute approximate surface area is 122 Å². The van der Waals surface area contributed by atoms with Gasteiger partial charge >= 0.3 is 0 Å². The second kappa shape index (κ2) is 6.54. The van der Waals surface area contributed by atoms with Crippen molar-refractivity contribution in [2.45, 2.75) is 6.04 Å². The fourth-order valence-corrected chi connectivity index (χ4v) is 2.15. The first-order valence-corrected chi connectivity index (χ1v) is 6.57. The summed E-state index contributed by atoms with van der Waals surface area (Å²) < 4.78 is 31.8. The molecule has 5 heteroatoms. The number of halogens is 2. The Morgan fingerprint density at radius 2 is 1.95 bits per heavy atom. The van der Waals surface area contributed by atoms with E-state index in [0.717, 1.165) is 17.5 Å². The van der Waals surface area contributed by atoms with E-state index >= 15 is 0 Å². The maximum atomic E-state index is 13.7. The van der Waals surface area contributed by atoms with Gasteiger partial charge in [0.05, 0.1) is 13.2 Å². The molecular weight excluding hydrogens is 274 g/mol. The summed E-state index contributed by atoms with van der Waals surface area (Å²) in [5, 5.41) is 0. The average molecular weight is 292 g/mol. The zero-order valence-corrected chi connectivity index (χ0v) is 12.0. The van der Waals surface area contributed by atoms with Crippen LogP contribution in [0.25, 0.3) is 0 Å². The smallest absolute Gasteiger partial charge is 0.130 e. The van der Waals surface area contributed by atoms with Crippen molar-refractivity contribution in [2.75, 3.05) is 25.6 Å². The van der Waals surface area contributed by atoms with E-state index in [-0.39, 0.29) is 0 Å². The molecule has 0 heterocycles. The summed E-state index contributed by atoms with van der Waals surface area (Å²) in [6.45, 7) is 0.399. The number of likely N-dealkylation sites (N-methyl/N-ethyl adjacent to an activating group) is 1. The lowest BCUT2D eigenvalue weighted by Crippen LogP contribution is -2.29. The van der Waals surface area contributed by atoms with Crippen LogP contribution in [-0.2, 0) is 0 Å². The normalized spacial score (nSPS) is 12.0. The molecule has 0 aliphatic heterocycles. The highest BCUT2D eigenvalue weighted by atomic mass is 19.1. The van der Waals surface area contributed by atoms with Crippen molar-refractivity contribution in [3.05, 3.63) is 59.7 Å². The van der Waals surface area contributed by atoms with Gasteiger partial charge in [-0.3, -0.25) is 0 Å². The van der Waals surface area contributed by atoms with Gasteiger partial charge in [-0.05, 0) is 18.2 Å². The van der Waals surface area contributed by atoms with E-state index in [1.54, 1.807) is 7.11 Å². The molecule has 0 aliphatic carbocycles. The van der Waals surface area contributed by atoms with Gasteiger partial charge in [-0.15, -0.1) is 0 Å². The number of ether oxygens (including phenoxy) is 1. The van der Waals surface area contributed by atoms with Crippen LogP contribution in [-0.4, -0.2) is 20.7 Å².